The smallest absolute Gasteiger partial charge is 0.234 e. The Morgan fingerprint density at radius 1 is 1.41 bits per heavy atom. The van der Waals surface area contributed by atoms with Crippen molar-refractivity contribution in [1.82, 2.24) is 15.2 Å². The van der Waals surface area contributed by atoms with Gasteiger partial charge < -0.3 is 0 Å². The highest BCUT2D eigenvalue weighted by molar-refractivity contribution is 5.94. The summed E-state index contributed by atoms with van der Waals surface area (Å²) in [5, 5.41) is 8.99. The van der Waals surface area contributed by atoms with Gasteiger partial charge in [0, 0.05) is 0 Å². The van der Waals surface area contributed by atoms with E-state index in [0.717, 1.165) is 12.0 Å². The number of benzene rings is 1. The number of nitrogens with zero attached hydrogens (tertiary/aromatic N) is 2. The largest absolute Gasteiger partial charge is 0.294 e. The molecule has 17 heavy (non-hydrogen) atoms. The normalized spacial score (nSPS) is 12.1. The summed E-state index contributed by atoms with van der Waals surface area (Å²) in [5.74, 6) is 0.140. The fourth-order valence-electron chi connectivity index (χ4n) is 1.73. The van der Waals surface area contributed by atoms with E-state index in [1.54, 1.807) is 0 Å². The van der Waals surface area contributed by atoms with Crippen LogP contribution in [-0.2, 0) is 4.79 Å². The van der Waals surface area contributed by atoms with Crippen molar-refractivity contribution < 1.29 is 4.79 Å². The Labute approximate surface area is 99.3 Å². The maximum absolute atomic E-state index is 12.0. The molecular weight excluding hydrogens is 216 g/mol. The third kappa shape index (κ3) is 2.69. The number of aromatic nitrogens is 3. The van der Waals surface area contributed by atoms with Gasteiger partial charge in [0.1, 0.15) is 6.33 Å². The van der Waals surface area contributed by atoms with Gasteiger partial charge in [0.25, 0.3) is 0 Å². The Bertz CT molecular complexity index is 467. The lowest BCUT2D eigenvalue weighted by Gasteiger charge is -2.13. The topological polar surface area (TPSA) is 70.7 Å². The molecule has 1 atom stereocenters. The lowest BCUT2D eigenvalue weighted by molar-refractivity contribution is -0.117. The second-order valence-electron chi connectivity index (χ2n) is 3.69. The Morgan fingerprint density at radius 2 is 2.18 bits per heavy atom. The summed E-state index contributed by atoms with van der Waals surface area (Å²) >= 11 is 0. The molecule has 0 fully saturated rings. The van der Waals surface area contributed by atoms with Gasteiger partial charge in [0.2, 0.25) is 11.9 Å². The van der Waals surface area contributed by atoms with Crippen molar-refractivity contribution in [1.29, 1.82) is 0 Å². The van der Waals surface area contributed by atoms with E-state index in [-0.39, 0.29) is 11.8 Å². The fourth-order valence-corrected chi connectivity index (χ4v) is 1.73. The van der Waals surface area contributed by atoms with Crippen molar-refractivity contribution >= 4 is 11.9 Å². The first kappa shape index (κ1) is 11.3. The second kappa shape index (κ2) is 5.25. The van der Waals surface area contributed by atoms with Gasteiger partial charge in [-0.05, 0) is 12.0 Å². The average Bonchev–Trinajstić information content (AvgIpc) is 2.84. The van der Waals surface area contributed by atoms with Gasteiger partial charge in [0.15, 0.2) is 0 Å². The van der Waals surface area contributed by atoms with Crippen LogP contribution in [0.5, 0.6) is 0 Å². The second-order valence-corrected chi connectivity index (χ2v) is 3.69. The molecule has 1 amide bonds. The van der Waals surface area contributed by atoms with E-state index in [1.807, 2.05) is 37.3 Å². The Hall–Kier alpha value is -2.17. The van der Waals surface area contributed by atoms with Gasteiger partial charge in [-0.25, -0.2) is 5.10 Å². The molecule has 1 heterocycles. The summed E-state index contributed by atoms with van der Waals surface area (Å²) < 4.78 is 0. The van der Waals surface area contributed by atoms with Crippen LogP contribution in [0, 0.1) is 0 Å². The van der Waals surface area contributed by atoms with Gasteiger partial charge in [0.05, 0.1) is 5.92 Å². The molecule has 0 saturated carbocycles. The zero-order valence-electron chi connectivity index (χ0n) is 9.55. The summed E-state index contributed by atoms with van der Waals surface area (Å²) in [5.41, 5.74) is 1.01. The third-order valence-electron chi connectivity index (χ3n) is 2.58. The Kier molecular flexibility index (Phi) is 3.49. The van der Waals surface area contributed by atoms with Crippen molar-refractivity contribution in [3.05, 3.63) is 42.2 Å². The van der Waals surface area contributed by atoms with Gasteiger partial charge in [-0.15, -0.1) is 0 Å². The lowest BCUT2D eigenvalue weighted by Crippen LogP contribution is -2.21. The molecule has 0 aliphatic rings. The van der Waals surface area contributed by atoms with E-state index in [1.165, 1.54) is 6.33 Å². The molecule has 88 valence electrons. The van der Waals surface area contributed by atoms with Gasteiger partial charge in [-0.2, -0.15) is 10.1 Å². The van der Waals surface area contributed by atoms with Crippen molar-refractivity contribution in [2.75, 3.05) is 5.32 Å². The Morgan fingerprint density at radius 3 is 2.76 bits per heavy atom. The highest BCUT2D eigenvalue weighted by atomic mass is 16.2. The first-order valence-electron chi connectivity index (χ1n) is 5.52. The van der Waals surface area contributed by atoms with Crippen LogP contribution in [0.25, 0.3) is 0 Å². The molecule has 0 spiro atoms. The summed E-state index contributed by atoms with van der Waals surface area (Å²) in [4.78, 5) is 15.9. The lowest BCUT2D eigenvalue weighted by atomic mass is 9.96. The molecule has 1 aromatic carbocycles. The minimum Gasteiger partial charge on any atom is -0.294 e. The first-order valence-corrected chi connectivity index (χ1v) is 5.52. The summed E-state index contributed by atoms with van der Waals surface area (Å²) in [6, 6.07) is 9.70. The van der Waals surface area contributed by atoms with Crippen molar-refractivity contribution in [3.63, 3.8) is 0 Å². The number of carbonyl (C=O) groups is 1. The molecule has 0 unspecified atom stereocenters. The number of amides is 1. The van der Waals surface area contributed by atoms with E-state index in [4.69, 9.17) is 0 Å². The third-order valence-corrected chi connectivity index (χ3v) is 2.58. The highest BCUT2D eigenvalue weighted by Gasteiger charge is 2.18. The molecule has 2 aromatic rings. The molecule has 0 saturated heterocycles. The molecule has 2 N–H and O–H groups in total. The molecule has 1 aromatic heterocycles. The molecule has 5 nitrogen and oxygen atoms in total. The summed E-state index contributed by atoms with van der Waals surface area (Å²) in [6.45, 7) is 1.98. The van der Waals surface area contributed by atoms with Crippen molar-refractivity contribution in [2.45, 2.75) is 19.3 Å². The predicted molar refractivity (Wildman–Crippen MR) is 64.5 cm³/mol. The zero-order valence-corrected chi connectivity index (χ0v) is 9.55. The predicted octanol–water partition coefficient (Wildman–Crippen LogP) is 1.94. The van der Waals surface area contributed by atoms with Crippen LogP contribution >= 0.6 is 0 Å². The van der Waals surface area contributed by atoms with Crippen molar-refractivity contribution in [3.8, 4) is 0 Å². The molecular formula is C12H14N4O. The highest BCUT2D eigenvalue weighted by Crippen LogP contribution is 2.20. The summed E-state index contributed by atoms with van der Waals surface area (Å²) in [7, 11) is 0. The van der Waals surface area contributed by atoms with Gasteiger partial charge >= 0.3 is 0 Å². The van der Waals surface area contributed by atoms with Crippen LogP contribution in [0.1, 0.15) is 24.8 Å². The fraction of sp³-hybridized carbons (Fsp3) is 0.250. The zero-order chi connectivity index (χ0) is 12.1. The number of rotatable bonds is 4. The number of carbonyl (C=O) groups excluding carboxylic acids is 1. The first-order chi connectivity index (χ1) is 8.31. The molecule has 2 rings (SSSR count). The van der Waals surface area contributed by atoms with E-state index >= 15 is 0 Å². The maximum atomic E-state index is 12.0. The van der Waals surface area contributed by atoms with Crippen LogP contribution in [0.2, 0.25) is 0 Å². The molecule has 0 bridgehead atoms. The van der Waals surface area contributed by atoms with E-state index in [2.05, 4.69) is 20.5 Å². The van der Waals surface area contributed by atoms with Crippen LogP contribution in [0.4, 0.5) is 5.95 Å². The number of hydrogen-bond acceptors (Lipinski definition) is 3. The van der Waals surface area contributed by atoms with E-state index in [0.29, 0.717) is 5.95 Å². The minimum absolute atomic E-state index is 0.0737. The maximum Gasteiger partial charge on any atom is 0.234 e. The van der Waals surface area contributed by atoms with Crippen LogP contribution in [-0.4, -0.2) is 21.1 Å². The van der Waals surface area contributed by atoms with Crippen LogP contribution in [0.3, 0.4) is 0 Å². The Balaban J connectivity index is 2.11. The monoisotopic (exact) mass is 230 g/mol. The number of nitrogens with one attached hydrogen (secondary N) is 2. The molecule has 0 aliphatic heterocycles. The van der Waals surface area contributed by atoms with Crippen LogP contribution < -0.4 is 5.32 Å². The van der Waals surface area contributed by atoms with Gasteiger partial charge in [-0.1, -0.05) is 37.3 Å². The number of H-pyrrole nitrogens is 1. The average molecular weight is 230 g/mol. The molecule has 5 heteroatoms. The minimum atomic E-state index is -0.165. The van der Waals surface area contributed by atoms with E-state index in [9.17, 15) is 4.79 Å². The van der Waals surface area contributed by atoms with Crippen LogP contribution in [0.15, 0.2) is 36.7 Å². The number of hydrogen-bond donors (Lipinski definition) is 2. The standard InChI is InChI=1S/C12H14N4O/c1-2-10(9-6-4-3-5-7-9)11(17)15-12-13-8-14-16-12/h3-8,10H,2H2,1H3,(H2,13,14,15,16,17)/t10-/m1/s1. The number of aromatic amines is 1. The molecule has 0 aliphatic carbocycles. The quantitative estimate of drug-likeness (QED) is 0.843. The van der Waals surface area contributed by atoms with Crippen molar-refractivity contribution in [2.24, 2.45) is 0 Å². The van der Waals surface area contributed by atoms with Gasteiger partial charge in [-0.3, -0.25) is 10.1 Å². The SMILES string of the molecule is CC[C@@H](C(=O)Nc1ncn[nH]1)c1ccccc1. The van der Waals surface area contributed by atoms with E-state index < -0.39 is 0 Å². The number of anilines is 1. The molecule has 0 radical (unpaired) electrons. The summed E-state index contributed by atoms with van der Waals surface area (Å²) in [6.07, 6.45) is 2.10.